The van der Waals surface area contributed by atoms with Gasteiger partial charge in [-0.2, -0.15) is 20.2 Å². The van der Waals surface area contributed by atoms with Crippen molar-refractivity contribution in [3.05, 3.63) is 95.1 Å². The van der Waals surface area contributed by atoms with Crippen LogP contribution in [0.4, 0.5) is 23.3 Å². The Morgan fingerprint density at radius 2 is 1.23 bits per heavy atom. The molecule has 0 spiro atoms. The molecule has 0 radical (unpaired) electrons. The minimum absolute atomic E-state index is 0.0227. The van der Waals surface area contributed by atoms with Gasteiger partial charge >= 0.3 is 11.9 Å². The van der Waals surface area contributed by atoms with Crippen LogP contribution in [0.15, 0.2) is 83.0 Å². The van der Waals surface area contributed by atoms with E-state index in [0.717, 1.165) is 5.69 Å². The zero-order valence-electron chi connectivity index (χ0n) is 20.0. The molecule has 0 saturated carbocycles. The second-order valence-corrected chi connectivity index (χ2v) is 7.79. The number of aromatic hydroxyl groups is 2. The van der Waals surface area contributed by atoms with Crippen molar-refractivity contribution in [3.8, 4) is 11.5 Å². The normalized spacial score (nSPS) is 11.0. The monoisotopic (exact) mass is 527 g/mol. The minimum Gasteiger partial charge on any atom is -0.506 e. The maximum atomic E-state index is 11.2. The van der Waals surface area contributed by atoms with Crippen LogP contribution in [-0.2, 0) is 0 Å². The van der Waals surface area contributed by atoms with Gasteiger partial charge in [-0.1, -0.05) is 30.3 Å². The number of carbonyl (C=O) groups is 2. The van der Waals surface area contributed by atoms with Gasteiger partial charge in [-0.25, -0.2) is 15.0 Å². The number of nitrogens with zero attached hydrogens (tertiary/aromatic N) is 4. The molecule has 0 aliphatic carbocycles. The van der Waals surface area contributed by atoms with Crippen molar-refractivity contribution in [2.75, 3.05) is 16.2 Å². The summed E-state index contributed by atoms with van der Waals surface area (Å²) in [6.07, 6.45) is 2.45. The molecule has 0 aliphatic heterocycles. The lowest BCUT2D eigenvalue weighted by atomic mass is 10.1. The predicted octanol–water partition coefficient (Wildman–Crippen LogP) is 3.92. The van der Waals surface area contributed by atoms with Crippen LogP contribution in [-0.4, -0.2) is 54.8 Å². The Morgan fingerprint density at radius 1 is 0.692 bits per heavy atom. The van der Waals surface area contributed by atoms with Crippen LogP contribution in [0.2, 0.25) is 0 Å². The maximum Gasteiger partial charge on any atom is 0.339 e. The quantitative estimate of drug-likeness (QED) is 0.116. The van der Waals surface area contributed by atoms with Gasteiger partial charge in [-0.3, -0.25) is 5.43 Å². The molecule has 4 aromatic rings. The highest BCUT2D eigenvalue weighted by atomic mass is 16.4. The highest BCUT2D eigenvalue weighted by Crippen LogP contribution is 2.23. The van der Waals surface area contributed by atoms with Gasteiger partial charge in [-0.15, -0.1) is 0 Å². The van der Waals surface area contributed by atoms with Crippen LogP contribution in [0, 0.1) is 0 Å². The third-order valence-corrected chi connectivity index (χ3v) is 5.12. The molecule has 1 heterocycles. The first-order chi connectivity index (χ1) is 18.8. The average Bonchev–Trinajstić information content (AvgIpc) is 2.91. The summed E-state index contributed by atoms with van der Waals surface area (Å²) in [5.41, 5.74) is 5.86. The number of rotatable bonds is 10. The Hall–Kier alpha value is -5.98. The molecule has 3 aromatic carbocycles. The van der Waals surface area contributed by atoms with E-state index in [1.807, 2.05) is 30.3 Å². The Bertz CT molecular complexity index is 1480. The van der Waals surface area contributed by atoms with E-state index in [2.05, 4.69) is 36.3 Å². The van der Waals surface area contributed by atoms with Crippen LogP contribution in [0.5, 0.6) is 11.5 Å². The SMILES string of the molecule is O=C(O)c1cccc(C=NNc2cc(Nc3ccccc3)nc(NN=Cc3cccc(C(=O)O)c3O)n2)c1O. The standard InChI is InChI=1S/C26H21N7O6/c34-22-15(6-4-10-18(22)24(36)37)13-27-32-21-12-20(29-17-8-2-1-3-9-17)30-26(31-21)33-28-14-16-7-5-11-19(23(16)35)25(38)39/h1-14,34-35H,(H,36,37)(H,38,39)(H3,29,30,31,32,33). The topological polar surface area (TPSA) is 202 Å². The van der Waals surface area contributed by atoms with Gasteiger partial charge < -0.3 is 25.7 Å². The first-order valence-electron chi connectivity index (χ1n) is 11.2. The van der Waals surface area contributed by atoms with Gasteiger partial charge in [-0.05, 0) is 36.4 Å². The van der Waals surface area contributed by atoms with Crippen molar-refractivity contribution < 1.29 is 30.0 Å². The van der Waals surface area contributed by atoms with Crippen LogP contribution >= 0.6 is 0 Å². The smallest absolute Gasteiger partial charge is 0.339 e. The second-order valence-electron chi connectivity index (χ2n) is 7.79. The van der Waals surface area contributed by atoms with E-state index < -0.39 is 23.4 Å². The average molecular weight is 527 g/mol. The lowest BCUT2D eigenvalue weighted by Gasteiger charge is -2.09. The molecule has 0 saturated heterocycles. The molecule has 1 aromatic heterocycles. The van der Waals surface area contributed by atoms with Gasteiger partial charge in [0.05, 0.1) is 12.4 Å². The summed E-state index contributed by atoms with van der Waals surface area (Å²) >= 11 is 0. The first kappa shape index (κ1) is 26.1. The fourth-order valence-corrected chi connectivity index (χ4v) is 3.29. The number of hydrazone groups is 2. The number of carboxylic acids is 2. The van der Waals surface area contributed by atoms with E-state index >= 15 is 0 Å². The first-order valence-corrected chi connectivity index (χ1v) is 11.2. The summed E-state index contributed by atoms with van der Waals surface area (Å²) < 4.78 is 0. The van der Waals surface area contributed by atoms with Gasteiger partial charge in [0.25, 0.3) is 0 Å². The van der Waals surface area contributed by atoms with E-state index in [0.29, 0.717) is 5.82 Å². The highest BCUT2D eigenvalue weighted by molar-refractivity contribution is 5.96. The zero-order chi connectivity index (χ0) is 27.8. The number of aromatic carboxylic acids is 2. The number of hydrogen-bond acceptors (Lipinski definition) is 11. The summed E-state index contributed by atoms with van der Waals surface area (Å²) in [6.45, 7) is 0. The van der Waals surface area contributed by atoms with E-state index in [9.17, 15) is 19.8 Å². The molecule has 4 rings (SSSR count). The summed E-state index contributed by atoms with van der Waals surface area (Å²) in [5, 5.41) is 49.8. The predicted molar refractivity (Wildman–Crippen MR) is 144 cm³/mol. The Balaban J connectivity index is 1.58. The van der Waals surface area contributed by atoms with Crippen molar-refractivity contribution >= 4 is 47.6 Å². The Kier molecular flexibility index (Phi) is 7.92. The molecule has 39 heavy (non-hydrogen) atoms. The van der Waals surface area contributed by atoms with E-state index in [-0.39, 0.29) is 34.0 Å². The molecule has 0 aliphatic rings. The lowest BCUT2D eigenvalue weighted by molar-refractivity contribution is 0.0682. The maximum absolute atomic E-state index is 11.2. The molecule has 0 unspecified atom stereocenters. The van der Waals surface area contributed by atoms with E-state index in [1.54, 1.807) is 6.07 Å². The minimum atomic E-state index is -1.28. The fourth-order valence-electron chi connectivity index (χ4n) is 3.29. The van der Waals surface area contributed by atoms with Crippen LogP contribution in [0.25, 0.3) is 0 Å². The van der Waals surface area contributed by atoms with Gasteiger partial charge in [0.15, 0.2) is 5.82 Å². The van der Waals surface area contributed by atoms with Crippen LogP contribution in [0.3, 0.4) is 0 Å². The van der Waals surface area contributed by atoms with Gasteiger partial charge in [0, 0.05) is 22.9 Å². The summed E-state index contributed by atoms with van der Waals surface area (Å²) in [6, 6.07) is 19.2. The third-order valence-electron chi connectivity index (χ3n) is 5.12. The van der Waals surface area contributed by atoms with E-state index in [1.165, 1.54) is 48.8 Å². The highest BCUT2D eigenvalue weighted by Gasteiger charge is 2.13. The number of nitrogens with one attached hydrogen (secondary N) is 3. The van der Waals surface area contributed by atoms with Gasteiger partial charge in [0.2, 0.25) is 5.95 Å². The molecular formula is C26H21N7O6. The van der Waals surface area contributed by atoms with Crippen LogP contribution < -0.4 is 16.2 Å². The van der Waals surface area contributed by atoms with Crippen molar-refractivity contribution in [3.63, 3.8) is 0 Å². The molecule has 7 N–H and O–H groups in total. The molecule has 0 fully saturated rings. The zero-order valence-corrected chi connectivity index (χ0v) is 20.0. The van der Waals surface area contributed by atoms with E-state index in [4.69, 9.17) is 10.2 Å². The molecule has 13 heteroatoms. The van der Waals surface area contributed by atoms with Crippen molar-refractivity contribution in [1.29, 1.82) is 0 Å². The lowest BCUT2D eigenvalue weighted by Crippen LogP contribution is -2.04. The Labute approximate surface area is 220 Å². The van der Waals surface area contributed by atoms with Crippen molar-refractivity contribution in [2.45, 2.75) is 0 Å². The number of hydrogen-bond donors (Lipinski definition) is 7. The molecule has 0 bridgehead atoms. The molecular weight excluding hydrogens is 506 g/mol. The summed E-state index contributed by atoms with van der Waals surface area (Å²) in [5.74, 6) is -2.84. The van der Waals surface area contributed by atoms with Crippen molar-refractivity contribution in [1.82, 2.24) is 9.97 Å². The van der Waals surface area contributed by atoms with Crippen LogP contribution in [0.1, 0.15) is 31.8 Å². The fraction of sp³-hybridized carbons (Fsp3) is 0. The number of benzene rings is 3. The summed E-state index contributed by atoms with van der Waals surface area (Å²) in [4.78, 5) is 31.1. The number of carboxylic acid groups (broad SMARTS) is 2. The molecule has 0 amide bonds. The number of aromatic nitrogens is 2. The molecule has 0 atom stereocenters. The number of para-hydroxylation sites is 3. The Morgan fingerprint density at radius 3 is 1.79 bits per heavy atom. The molecule has 196 valence electrons. The summed E-state index contributed by atoms with van der Waals surface area (Å²) in [7, 11) is 0. The third kappa shape index (κ3) is 6.62. The van der Waals surface area contributed by atoms with Crippen molar-refractivity contribution in [2.24, 2.45) is 10.2 Å². The number of anilines is 4. The number of phenols is 2. The van der Waals surface area contributed by atoms with Gasteiger partial charge in [0.1, 0.15) is 28.4 Å². The largest absolute Gasteiger partial charge is 0.506 e. The second kappa shape index (κ2) is 11.8. The molecule has 13 nitrogen and oxygen atoms in total.